The Labute approximate surface area is 512 Å². The van der Waals surface area contributed by atoms with Crippen molar-refractivity contribution in [2.24, 2.45) is 0 Å². The van der Waals surface area contributed by atoms with Gasteiger partial charge in [-0.1, -0.05) is 199 Å². The van der Waals surface area contributed by atoms with Crippen LogP contribution in [0, 0.1) is 0 Å². The third-order valence-electron chi connectivity index (χ3n) is 12.3. The van der Waals surface area contributed by atoms with E-state index in [4.69, 9.17) is 32.3 Å². The minimum Gasteiger partial charge on any atom is -0.463 e. The maximum Gasteiger partial charge on any atom is 0.472 e. The number of phosphoric acid groups is 2. The molecule has 0 aliphatic rings. The Kier molecular flexibility index (Phi) is 57.0. The van der Waals surface area contributed by atoms with E-state index in [2.05, 4.69) is 154 Å². The standard InChI is InChI=1S/C67H110O16P2/c1-4-7-10-13-16-19-22-25-27-29-30-32-34-36-38-41-44-47-50-53-65(70)77-56-62(68)57-79-84(73,74)80-58-63(69)59-81-85(75,76)82-61-64(83-67(72)55-52-49-46-43-40-35-24-21-18-15-12-9-6-3)60-78-66(71)54-51-48-45-42-39-37-33-31-28-26-23-20-17-14-11-8-5-2/h7-8,10-12,15-17,19-21,24-28,30,32-33,36-38,62-64,68-69H,4-6,9,13-14,18,22-23,29,31,34-35,39-61H2,1-3H3,(H,73,74)(H,75,76)/b10-7-,11-8-,15-12-,19-16-,20-17-,24-21-,27-25-,28-26-,32-30-,37-33-,38-36-. The highest BCUT2D eigenvalue weighted by Gasteiger charge is 2.29. The Morgan fingerprint density at radius 3 is 1.00 bits per heavy atom. The maximum atomic E-state index is 12.9. The van der Waals surface area contributed by atoms with Crippen LogP contribution in [-0.2, 0) is 55.8 Å². The molecule has 0 bridgehead atoms. The van der Waals surface area contributed by atoms with Gasteiger partial charge in [0.05, 0.1) is 26.4 Å². The quantitative estimate of drug-likeness (QED) is 0.0146. The van der Waals surface area contributed by atoms with Gasteiger partial charge in [-0.25, -0.2) is 9.13 Å². The zero-order chi connectivity index (χ0) is 62.4. The normalized spacial score (nSPS) is 15.2. The molecule has 0 rings (SSSR count). The lowest BCUT2D eigenvalue weighted by atomic mass is 10.1. The molecule has 0 fully saturated rings. The van der Waals surface area contributed by atoms with Crippen LogP contribution in [0.5, 0.6) is 0 Å². The molecule has 85 heavy (non-hydrogen) atoms. The molecule has 0 saturated heterocycles. The molecule has 0 aliphatic heterocycles. The van der Waals surface area contributed by atoms with Gasteiger partial charge in [-0.2, -0.15) is 0 Å². The molecule has 0 aromatic rings. The van der Waals surface area contributed by atoms with Crippen LogP contribution >= 0.6 is 15.6 Å². The Balaban J connectivity index is 4.74. The van der Waals surface area contributed by atoms with Crippen LogP contribution in [0.3, 0.4) is 0 Å². The number of hydrogen-bond acceptors (Lipinski definition) is 14. The highest BCUT2D eigenvalue weighted by Crippen LogP contribution is 2.45. The summed E-state index contributed by atoms with van der Waals surface area (Å²) in [7, 11) is -9.80. The van der Waals surface area contributed by atoms with Gasteiger partial charge in [0, 0.05) is 19.3 Å². The van der Waals surface area contributed by atoms with Gasteiger partial charge in [0.1, 0.15) is 25.4 Å². The molecule has 0 radical (unpaired) electrons. The number of ether oxygens (including phenoxy) is 3. The van der Waals surface area contributed by atoms with Crippen LogP contribution < -0.4 is 0 Å². The highest BCUT2D eigenvalue weighted by atomic mass is 31.2. The third kappa shape index (κ3) is 61.1. The van der Waals surface area contributed by atoms with Gasteiger partial charge >= 0.3 is 33.6 Å². The Hall–Kier alpha value is -4.31. The van der Waals surface area contributed by atoms with Gasteiger partial charge < -0.3 is 34.2 Å². The number of carbonyl (C=O) groups is 3. The number of hydrogen-bond donors (Lipinski definition) is 4. The fourth-order valence-electron chi connectivity index (χ4n) is 7.56. The summed E-state index contributed by atoms with van der Waals surface area (Å²) >= 11 is 0. The minimum absolute atomic E-state index is 0.0774. The molecule has 5 atom stereocenters. The van der Waals surface area contributed by atoms with Gasteiger partial charge in [0.25, 0.3) is 0 Å². The molecule has 484 valence electrons. The van der Waals surface area contributed by atoms with Gasteiger partial charge in [-0.15, -0.1) is 0 Å². The van der Waals surface area contributed by atoms with Crippen LogP contribution in [0.15, 0.2) is 134 Å². The number of aliphatic hydroxyl groups is 2. The van der Waals surface area contributed by atoms with E-state index in [1.807, 2.05) is 0 Å². The Bertz CT molecular complexity index is 2090. The van der Waals surface area contributed by atoms with Crippen LogP contribution in [0.2, 0.25) is 0 Å². The average Bonchev–Trinajstić information content (AvgIpc) is 3.51. The summed E-state index contributed by atoms with van der Waals surface area (Å²) in [4.78, 5) is 58.2. The summed E-state index contributed by atoms with van der Waals surface area (Å²) in [6.07, 6.45) is 68.0. The van der Waals surface area contributed by atoms with E-state index < -0.39 is 91.5 Å². The smallest absolute Gasteiger partial charge is 0.463 e. The summed E-state index contributed by atoms with van der Waals surface area (Å²) in [5, 5.41) is 20.5. The molecular formula is C67H110O16P2. The predicted octanol–water partition coefficient (Wildman–Crippen LogP) is 16.9. The number of esters is 3. The number of allylic oxidation sites excluding steroid dienone is 22. The van der Waals surface area contributed by atoms with E-state index in [0.29, 0.717) is 19.3 Å². The van der Waals surface area contributed by atoms with Gasteiger partial charge in [-0.3, -0.25) is 32.5 Å². The molecule has 0 aromatic carbocycles. The second-order valence-electron chi connectivity index (χ2n) is 20.4. The van der Waals surface area contributed by atoms with Crippen molar-refractivity contribution in [3.05, 3.63) is 134 Å². The first kappa shape index (κ1) is 80.7. The van der Waals surface area contributed by atoms with Crippen LogP contribution in [0.1, 0.15) is 213 Å². The fourth-order valence-corrected chi connectivity index (χ4v) is 9.15. The molecule has 0 heterocycles. The second kappa shape index (κ2) is 60.0. The van der Waals surface area contributed by atoms with Crippen LogP contribution in [0.25, 0.3) is 0 Å². The van der Waals surface area contributed by atoms with Gasteiger partial charge in [-0.05, 0) is 128 Å². The summed E-state index contributed by atoms with van der Waals surface area (Å²) in [6.45, 7) is 2.24. The van der Waals surface area contributed by atoms with E-state index in [1.54, 1.807) is 0 Å². The summed E-state index contributed by atoms with van der Waals surface area (Å²) in [6, 6.07) is 0. The number of carbonyl (C=O) groups excluding carboxylic acids is 3. The second-order valence-corrected chi connectivity index (χ2v) is 23.3. The molecule has 16 nitrogen and oxygen atoms in total. The lowest BCUT2D eigenvalue weighted by Crippen LogP contribution is -2.30. The van der Waals surface area contributed by atoms with E-state index >= 15 is 0 Å². The monoisotopic (exact) mass is 1230 g/mol. The van der Waals surface area contributed by atoms with E-state index in [-0.39, 0.29) is 19.3 Å². The van der Waals surface area contributed by atoms with Crippen molar-refractivity contribution < 1.29 is 75.8 Å². The molecule has 0 aromatic heterocycles. The van der Waals surface area contributed by atoms with Crippen molar-refractivity contribution in [1.82, 2.24) is 0 Å². The number of aliphatic hydroxyl groups excluding tert-OH is 2. The molecule has 0 spiro atoms. The predicted molar refractivity (Wildman–Crippen MR) is 343 cm³/mol. The van der Waals surface area contributed by atoms with Crippen molar-refractivity contribution in [1.29, 1.82) is 0 Å². The molecule has 4 N–H and O–H groups in total. The molecule has 0 amide bonds. The number of phosphoric ester groups is 2. The van der Waals surface area contributed by atoms with Crippen LogP contribution in [-0.4, -0.2) is 95.9 Å². The summed E-state index contributed by atoms with van der Waals surface area (Å²) in [5.74, 6) is -1.66. The molecular weight excluding hydrogens is 1120 g/mol. The van der Waals surface area contributed by atoms with E-state index in [9.17, 15) is 43.5 Å². The van der Waals surface area contributed by atoms with E-state index in [1.165, 1.54) is 0 Å². The first-order valence-electron chi connectivity index (χ1n) is 31.5. The van der Waals surface area contributed by atoms with Crippen molar-refractivity contribution >= 4 is 33.6 Å². The topological polar surface area (TPSA) is 231 Å². The zero-order valence-electron chi connectivity index (χ0n) is 52.0. The summed E-state index contributed by atoms with van der Waals surface area (Å²) in [5.41, 5.74) is 0. The Morgan fingerprint density at radius 2 is 0.624 bits per heavy atom. The van der Waals surface area contributed by atoms with Crippen LogP contribution in [0.4, 0.5) is 0 Å². The number of rotatable bonds is 58. The fraction of sp³-hybridized carbons (Fsp3) is 0.627. The molecule has 0 aliphatic carbocycles. The lowest BCUT2D eigenvalue weighted by molar-refractivity contribution is -0.161. The summed E-state index contributed by atoms with van der Waals surface area (Å²) < 4.78 is 60.6. The SMILES string of the molecule is CC/C=C\C/C=C\C/C=C\C/C=C\C/C=C\CCCCCC(=O)OCC(O)COP(=O)(O)OCC(O)COP(=O)(O)OCC(COC(=O)CCCCCC/C=C\C/C=C\C/C=C\C/C=C\CC)OC(=O)CCCCCCC/C=C\C/C=C\CCC. The van der Waals surface area contributed by atoms with Crippen molar-refractivity contribution in [2.45, 2.75) is 232 Å². The first-order chi connectivity index (χ1) is 41.2. The average molecular weight is 1230 g/mol. The molecule has 5 unspecified atom stereocenters. The molecule has 0 saturated carbocycles. The third-order valence-corrected chi connectivity index (χ3v) is 14.2. The van der Waals surface area contributed by atoms with Gasteiger partial charge in [0.15, 0.2) is 6.10 Å². The number of unbranched alkanes of at least 4 members (excludes halogenated alkanes) is 13. The van der Waals surface area contributed by atoms with Crippen molar-refractivity contribution in [2.75, 3.05) is 39.6 Å². The zero-order valence-corrected chi connectivity index (χ0v) is 53.8. The van der Waals surface area contributed by atoms with E-state index in [0.717, 1.165) is 154 Å². The first-order valence-corrected chi connectivity index (χ1v) is 34.5. The van der Waals surface area contributed by atoms with Crippen molar-refractivity contribution in [3.8, 4) is 0 Å². The lowest BCUT2D eigenvalue weighted by Gasteiger charge is -2.21. The van der Waals surface area contributed by atoms with Gasteiger partial charge in [0.2, 0.25) is 0 Å². The minimum atomic E-state index is -4.94. The largest absolute Gasteiger partial charge is 0.472 e. The maximum absolute atomic E-state index is 12.9. The highest BCUT2D eigenvalue weighted by molar-refractivity contribution is 7.47. The van der Waals surface area contributed by atoms with Crippen molar-refractivity contribution in [3.63, 3.8) is 0 Å². The molecule has 18 heteroatoms. The Morgan fingerprint density at radius 1 is 0.341 bits per heavy atom.